The van der Waals surface area contributed by atoms with Gasteiger partial charge in [-0.15, -0.1) is 23.2 Å². The predicted octanol–water partition coefficient (Wildman–Crippen LogP) is 6.27. The van der Waals surface area contributed by atoms with Crippen LogP contribution in [0.25, 0.3) is 0 Å². The first-order valence-electron chi connectivity index (χ1n) is 14.6. The maximum Gasteiger partial charge on any atom is 0.258 e. The number of anilines is 2. The molecule has 2 aliphatic carbocycles. The highest BCUT2D eigenvalue weighted by Crippen LogP contribution is 2.67. The molecule has 12 heteroatoms. The van der Waals surface area contributed by atoms with E-state index >= 15 is 0 Å². The van der Waals surface area contributed by atoms with Gasteiger partial charge in [0.1, 0.15) is 17.3 Å². The van der Waals surface area contributed by atoms with Gasteiger partial charge in [0.2, 0.25) is 11.8 Å². The molecule has 46 heavy (non-hydrogen) atoms. The Morgan fingerprint density at radius 1 is 0.913 bits per heavy atom. The van der Waals surface area contributed by atoms with E-state index in [2.05, 4.69) is 0 Å². The molecule has 6 unspecified atom stereocenters. The second kappa shape index (κ2) is 10.6. The number of rotatable bonds is 4. The van der Waals surface area contributed by atoms with Gasteiger partial charge >= 0.3 is 0 Å². The number of amides is 4. The molecular formula is C34H26Cl3FN2O6. The van der Waals surface area contributed by atoms with Gasteiger partial charge in [0, 0.05) is 16.5 Å². The summed E-state index contributed by atoms with van der Waals surface area (Å²) >= 11 is 21.1. The summed E-state index contributed by atoms with van der Waals surface area (Å²) in [7, 11) is 1.38. The lowest BCUT2D eigenvalue weighted by atomic mass is 9.56. The number of hydrogen-bond acceptors (Lipinski definition) is 6. The molecule has 0 aromatic heterocycles. The fourth-order valence-corrected chi connectivity index (χ4v) is 8.78. The van der Waals surface area contributed by atoms with Gasteiger partial charge in [-0.25, -0.2) is 14.2 Å². The van der Waals surface area contributed by atoms with Crippen LogP contribution in [-0.2, 0) is 19.2 Å². The summed E-state index contributed by atoms with van der Waals surface area (Å²) in [4.78, 5) is 54.5. The average molecular weight is 684 g/mol. The van der Waals surface area contributed by atoms with E-state index in [1.54, 1.807) is 43.3 Å². The number of methoxy groups -OCH3 is 1. The number of ether oxygens (including phenoxy) is 1. The number of halogens is 4. The summed E-state index contributed by atoms with van der Waals surface area (Å²) in [5, 5.41) is 11.7. The Balaban J connectivity index is 1.42. The molecular weight excluding hydrogens is 658 g/mol. The first-order valence-corrected chi connectivity index (χ1v) is 15.7. The monoisotopic (exact) mass is 682 g/mol. The summed E-state index contributed by atoms with van der Waals surface area (Å²) in [6.45, 7) is 1.80. The Bertz CT molecular complexity index is 1900. The number of nitrogens with zero attached hydrogens (tertiary/aromatic N) is 2. The second-order valence-corrected chi connectivity index (χ2v) is 13.7. The summed E-state index contributed by atoms with van der Waals surface area (Å²) in [5.41, 5.74) is 1.74. The summed E-state index contributed by atoms with van der Waals surface area (Å²) in [5.74, 6) is -7.14. The Morgan fingerprint density at radius 3 is 2.28 bits per heavy atom. The lowest BCUT2D eigenvalue weighted by Crippen LogP contribution is -2.60. The number of carbonyl (C=O) groups is 4. The number of aryl methyl sites for hydroxylation is 1. The molecule has 3 aromatic carbocycles. The van der Waals surface area contributed by atoms with E-state index in [0.717, 1.165) is 27.5 Å². The van der Waals surface area contributed by atoms with Crippen LogP contribution in [0.3, 0.4) is 0 Å². The molecule has 2 saturated heterocycles. The predicted molar refractivity (Wildman–Crippen MR) is 170 cm³/mol. The van der Waals surface area contributed by atoms with Gasteiger partial charge in [-0.1, -0.05) is 35.4 Å². The highest BCUT2D eigenvalue weighted by Gasteiger charge is 2.77. The summed E-state index contributed by atoms with van der Waals surface area (Å²) in [6.07, 6.45) is 1.63. The first-order chi connectivity index (χ1) is 21.8. The minimum absolute atomic E-state index is 0.0539. The van der Waals surface area contributed by atoms with Gasteiger partial charge in [0.25, 0.3) is 11.8 Å². The fraction of sp³-hybridized carbons (Fsp3) is 0.294. The molecule has 1 N–H and O–H groups in total. The molecule has 0 radical (unpaired) electrons. The van der Waals surface area contributed by atoms with Gasteiger partial charge in [0.05, 0.1) is 30.3 Å². The van der Waals surface area contributed by atoms with Gasteiger partial charge in [-0.05, 0) is 79.8 Å². The molecule has 8 nitrogen and oxygen atoms in total. The minimum Gasteiger partial charge on any atom is -0.508 e. The van der Waals surface area contributed by atoms with Crippen molar-refractivity contribution in [3.63, 3.8) is 0 Å². The third-order valence-electron chi connectivity index (χ3n) is 9.86. The van der Waals surface area contributed by atoms with E-state index in [9.17, 15) is 28.7 Å². The van der Waals surface area contributed by atoms with Crippen molar-refractivity contribution in [3.05, 3.63) is 94.3 Å². The van der Waals surface area contributed by atoms with Crippen molar-refractivity contribution in [3.8, 4) is 11.5 Å². The van der Waals surface area contributed by atoms with Crippen LogP contribution in [0.2, 0.25) is 5.02 Å². The Labute approximate surface area is 278 Å². The van der Waals surface area contributed by atoms with Crippen LogP contribution in [0.15, 0.2) is 72.3 Å². The standard InChI is InChI=1S/C34H26Cl3FN2O6/c1-16-6-9-19(14-23(16)35)39-29(42)21-13-12-20-22(26(21)30(39)43)15-33(36)31(44)40(18-10-7-17(38)8-11-18)32(45)34(33,37)28(20)27-24(41)4-3-5-25(27)46-2/h3-12,14,21-22,26,28,41H,13,15H2,1-2H3. The number of allylic oxidation sites excluding steroid dienone is 2. The number of phenolic OH excluding ortho intramolecular Hbond substituents is 1. The molecule has 2 heterocycles. The molecule has 3 fully saturated rings. The second-order valence-electron chi connectivity index (χ2n) is 12.1. The van der Waals surface area contributed by atoms with Crippen LogP contribution in [0.4, 0.5) is 15.8 Å². The molecule has 2 aliphatic heterocycles. The highest BCUT2D eigenvalue weighted by atomic mass is 35.5. The number of imide groups is 2. The van der Waals surface area contributed by atoms with E-state index in [4.69, 9.17) is 39.5 Å². The van der Waals surface area contributed by atoms with Crippen molar-refractivity contribution in [1.29, 1.82) is 0 Å². The number of carbonyl (C=O) groups excluding carboxylic acids is 4. The van der Waals surface area contributed by atoms with Crippen molar-refractivity contribution < 1.29 is 33.4 Å². The number of aromatic hydroxyl groups is 1. The van der Waals surface area contributed by atoms with Gasteiger partial charge < -0.3 is 9.84 Å². The molecule has 0 bridgehead atoms. The SMILES string of the molecule is COc1cccc(O)c1C1C2=CCC3C(=O)N(c4ccc(C)c(Cl)c4)C(=O)C3C2CC2(Cl)C(=O)N(c3ccc(F)cc3)C(=O)C12Cl. The highest BCUT2D eigenvalue weighted by molar-refractivity contribution is 6.58. The van der Waals surface area contributed by atoms with Crippen LogP contribution < -0.4 is 14.5 Å². The van der Waals surface area contributed by atoms with E-state index < -0.39 is 62.9 Å². The largest absolute Gasteiger partial charge is 0.508 e. The molecule has 4 aliphatic rings. The normalized spacial score (nSPS) is 30.3. The molecule has 4 amide bonds. The number of fused-ring (bicyclic) bond motifs is 4. The Hall–Kier alpha value is -3.92. The quantitative estimate of drug-likeness (QED) is 0.198. The maximum atomic E-state index is 14.5. The average Bonchev–Trinajstić information content (AvgIpc) is 3.37. The van der Waals surface area contributed by atoms with Crippen molar-refractivity contribution in [2.24, 2.45) is 17.8 Å². The third kappa shape index (κ3) is 3.98. The van der Waals surface area contributed by atoms with E-state index in [0.29, 0.717) is 16.3 Å². The Kier molecular flexibility index (Phi) is 7.05. The number of alkyl halides is 2. The molecule has 6 atom stereocenters. The summed E-state index contributed by atoms with van der Waals surface area (Å²) < 4.78 is 19.5. The van der Waals surface area contributed by atoms with Crippen LogP contribution in [-0.4, -0.2) is 45.6 Å². The summed E-state index contributed by atoms with van der Waals surface area (Å²) in [6, 6.07) is 14.2. The van der Waals surface area contributed by atoms with Gasteiger partial charge in [-0.3, -0.25) is 19.2 Å². The minimum atomic E-state index is -2.21. The smallest absolute Gasteiger partial charge is 0.258 e. The van der Waals surface area contributed by atoms with Crippen molar-refractivity contribution in [1.82, 2.24) is 0 Å². The zero-order valence-corrected chi connectivity index (χ0v) is 26.7. The zero-order chi connectivity index (χ0) is 32.9. The molecule has 3 aromatic rings. The maximum absolute atomic E-state index is 14.5. The molecule has 1 saturated carbocycles. The first kappa shape index (κ1) is 30.7. The van der Waals surface area contributed by atoms with E-state index in [1.807, 2.05) is 0 Å². The van der Waals surface area contributed by atoms with Crippen molar-refractivity contribution in [2.75, 3.05) is 16.9 Å². The van der Waals surface area contributed by atoms with Gasteiger partial charge in [-0.2, -0.15) is 0 Å². The number of benzene rings is 3. The van der Waals surface area contributed by atoms with Crippen LogP contribution in [0.1, 0.15) is 29.9 Å². The van der Waals surface area contributed by atoms with Crippen molar-refractivity contribution >= 4 is 69.8 Å². The fourth-order valence-electron chi connectivity index (χ4n) is 7.69. The van der Waals surface area contributed by atoms with E-state index in [-0.39, 0.29) is 35.6 Å². The van der Waals surface area contributed by atoms with Crippen LogP contribution >= 0.6 is 34.8 Å². The number of phenols is 1. The molecule has 7 rings (SSSR count). The lowest BCUT2D eigenvalue weighted by Gasteiger charge is -2.50. The third-order valence-corrected chi connectivity index (χ3v) is 11.7. The molecule has 236 valence electrons. The zero-order valence-electron chi connectivity index (χ0n) is 24.5. The number of hydrogen-bond donors (Lipinski definition) is 1. The van der Waals surface area contributed by atoms with Gasteiger partial charge in [0.15, 0.2) is 9.75 Å². The van der Waals surface area contributed by atoms with Crippen LogP contribution in [0, 0.1) is 30.5 Å². The topological polar surface area (TPSA) is 104 Å². The molecule has 0 spiro atoms. The Morgan fingerprint density at radius 2 is 1.61 bits per heavy atom. The van der Waals surface area contributed by atoms with Crippen LogP contribution in [0.5, 0.6) is 11.5 Å². The lowest BCUT2D eigenvalue weighted by molar-refractivity contribution is -0.125. The van der Waals surface area contributed by atoms with E-state index in [1.165, 1.54) is 25.3 Å². The van der Waals surface area contributed by atoms with Crippen molar-refractivity contribution in [2.45, 2.75) is 35.4 Å².